The molecule has 3 rings (SSSR count). The van der Waals surface area contributed by atoms with Gasteiger partial charge in [0.2, 0.25) is 0 Å². The monoisotopic (exact) mass is 250 g/mol. The lowest BCUT2D eigenvalue weighted by atomic mass is 10.1. The molecule has 2 aromatic heterocycles. The second-order valence-corrected chi connectivity index (χ2v) is 4.70. The lowest BCUT2D eigenvalue weighted by molar-refractivity contribution is 0.926. The number of fused-ring (bicyclic) bond motifs is 1. The predicted molar refractivity (Wildman–Crippen MR) is 79.8 cm³/mol. The predicted octanol–water partition coefficient (Wildman–Crippen LogP) is 4.15. The van der Waals surface area contributed by atoms with Gasteiger partial charge in [-0.25, -0.2) is 0 Å². The summed E-state index contributed by atoms with van der Waals surface area (Å²) in [6, 6.07) is 12.7. The molecule has 0 aliphatic rings. The van der Waals surface area contributed by atoms with Crippen molar-refractivity contribution in [1.82, 2.24) is 9.55 Å². The Morgan fingerprint density at radius 2 is 1.79 bits per heavy atom. The minimum Gasteiger partial charge on any atom is -0.312 e. The normalized spacial score (nSPS) is 11.1. The molecule has 2 heteroatoms. The van der Waals surface area contributed by atoms with Crippen molar-refractivity contribution in [2.45, 2.75) is 26.7 Å². The Hall–Kier alpha value is -2.09. The van der Waals surface area contributed by atoms with Gasteiger partial charge in [0.05, 0.1) is 11.7 Å². The number of nitrogens with zero attached hydrogens (tertiary/aromatic N) is 2. The fourth-order valence-electron chi connectivity index (χ4n) is 2.89. The van der Waals surface area contributed by atoms with E-state index in [1.54, 1.807) is 0 Å². The summed E-state index contributed by atoms with van der Waals surface area (Å²) in [5.74, 6) is 0. The van der Waals surface area contributed by atoms with Gasteiger partial charge in [0.25, 0.3) is 0 Å². The largest absolute Gasteiger partial charge is 0.312 e. The molecule has 0 atom stereocenters. The molecule has 0 N–H and O–H groups in total. The van der Waals surface area contributed by atoms with Crippen LogP contribution in [0.15, 0.2) is 48.8 Å². The fraction of sp³-hybridized carbons (Fsp3) is 0.235. The third-order valence-corrected chi connectivity index (χ3v) is 3.69. The summed E-state index contributed by atoms with van der Waals surface area (Å²) >= 11 is 0. The van der Waals surface area contributed by atoms with Crippen LogP contribution in [0, 0.1) is 0 Å². The quantitative estimate of drug-likeness (QED) is 0.682. The molecule has 0 saturated heterocycles. The number of para-hydroxylation sites is 1. The number of aryl methyl sites for hydroxylation is 1. The summed E-state index contributed by atoms with van der Waals surface area (Å²) in [5.41, 5.74) is 5.28. The van der Waals surface area contributed by atoms with Crippen LogP contribution in [0.3, 0.4) is 0 Å². The van der Waals surface area contributed by atoms with Crippen molar-refractivity contribution in [2.75, 3.05) is 0 Å². The van der Waals surface area contributed by atoms with Gasteiger partial charge in [-0.2, -0.15) is 0 Å². The van der Waals surface area contributed by atoms with Crippen LogP contribution in [-0.4, -0.2) is 9.55 Å². The van der Waals surface area contributed by atoms with Gasteiger partial charge in [-0.1, -0.05) is 32.0 Å². The van der Waals surface area contributed by atoms with Gasteiger partial charge < -0.3 is 4.57 Å². The Balaban J connectivity index is 2.40. The van der Waals surface area contributed by atoms with Crippen molar-refractivity contribution in [2.24, 2.45) is 0 Å². The highest BCUT2D eigenvalue weighted by molar-refractivity contribution is 5.86. The average Bonchev–Trinajstić information content (AvgIpc) is 2.81. The molecule has 2 nitrogen and oxygen atoms in total. The SMILES string of the molecule is CCc1c(CC)n(-c2ccccc2)c2cnccc12. The van der Waals surface area contributed by atoms with Gasteiger partial charge in [0.15, 0.2) is 0 Å². The highest BCUT2D eigenvalue weighted by atomic mass is 15.0. The van der Waals surface area contributed by atoms with Crippen LogP contribution in [0.25, 0.3) is 16.6 Å². The number of benzene rings is 1. The molecule has 0 radical (unpaired) electrons. The summed E-state index contributed by atoms with van der Waals surface area (Å²) in [4.78, 5) is 4.30. The Labute approximate surface area is 113 Å². The second kappa shape index (κ2) is 4.88. The first-order valence-electron chi connectivity index (χ1n) is 6.88. The Morgan fingerprint density at radius 3 is 2.47 bits per heavy atom. The zero-order chi connectivity index (χ0) is 13.2. The molecular formula is C17H18N2. The third kappa shape index (κ3) is 1.84. The first kappa shape index (κ1) is 12.0. The molecular weight excluding hydrogens is 232 g/mol. The minimum absolute atomic E-state index is 1.03. The fourth-order valence-corrected chi connectivity index (χ4v) is 2.89. The number of hydrogen-bond donors (Lipinski definition) is 0. The van der Waals surface area contributed by atoms with E-state index in [4.69, 9.17) is 0 Å². The highest BCUT2D eigenvalue weighted by Crippen LogP contribution is 2.29. The van der Waals surface area contributed by atoms with Crippen LogP contribution in [-0.2, 0) is 12.8 Å². The van der Waals surface area contributed by atoms with Crippen LogP contribution in [0.5, 0.6) is 0 Å². The maximum absolute atomic E-state index is 4.30. The Bertz CT molecular complexity index is 696. The average molecular weight is 250 g/mol. The van der Waals surface area contributed by atoms with Crippen LogP contribution in [0.1, 0.15) is 25.1 Å². The van der Waals surface area contributed by atoms with E-state index in [-0.39, 0.29) is 0 Å². The van der Waals surface area contributed by atoms with Gasteiger partial charge in [0.1, 0.15) is 0 Å². The zero-order valence-electron chi connectivity index (χ0n) is 11.4. The van der Waals surface area contributed by atoms with Crippen molar-refractivity contribution in [3.63, 3.8) is 0 Å². The van der Waals surface area contributed by atoms with Crippen LogP contribution in [0.4, 0.5) is 0 Å². The van der Waals surface area contributed by atoms with Gasteiger partial charge in [-0.05, 0) is 36.6 Å². The molecule has 0 unspecified atom stereocenters. The smallest absolute Gasteiger partial charge is 0.0717 e. The molecule has 0 aliphatic heterocycles. The van der Waals surface area contributed by atoms with Gasteiger partial charge in [0, 0.05) is 23.0 Å². The third-order valence-electron chi connectivity index (χ3n) is 3.69. The number of aromatic nitrogens is 2. The van der Waals surface area contributed by atoms with Crippen molar-refractivity contribution < 1.29 is 0 Å². The van der Waals surface area contributed by atoms with Crippen molar-refractivity contribution in [3.05, 3.63) is 60.0 Å². The molecule has 2 heterocycles. The topological polar surface area (TPSA) is 17.8 Å². The van der Waals surface area contributed by atoms with E-state index < -0.39 is 0 Å². The molecule has 0 amide bonds. The van der Waals surface area contributed by atoms with Gasteiger partial charge in [-0.15, -0.1) is 0 Å². The Morgan fingerprint density at radius 1 is 1.00 bits per heavy atom. The van der Waals surface area contributed by atoms with Crippen LogP contribution >= 0.6 is 0 Å². The summed E-state index contributed by atoms with van der Waals surface area (Å²) in [5, 5.41) is 1.33. The van der Waals surface area contributed by atoms with Gasteiger partial charge in [-0.3, -0.25) is 4.98 Å². The maximum Gasteiger partial charge on any atom is 0.0717 e. The van der Waals surface area contributed by atoms with E-state index >= 15 is 0 Å². The molecule has 19 heavy (non-hydrogen) atoms. The van der Waals surface area contributed by atoms with Crippen molar-refractivity contribution in [3.8, 4) is 5.69 Å². The van der Waals surface area contributed by atoms with E-state index in [0.29, 0.717) is 0 Å². The van der Waals surface area contributed by atoms with Crippen molar-refractivity contribution in [1.29, 1.82) is 0 Å². The van der Waals surface area contributed by atoms with E-state index in [1.165, 1.54) is 27.8 Å². The first-order valence-corrected chi connectivity index (χ1v) is 6.88. The second-order valence-electron chi connectivity index (χ2n) is 4.70. The van der Waals surface area contributed by atoms with E-state index in [0.717, 1.165) is 12.8 Å². The Kier molecular flexibility index (Phi) is 3.08. The minimum atomic E-state index is 1.03. The van der Waals surface area contributed by atoms with Crippen molar-refractivity contribution >= 4 is 10.9 Å². The molecule has 1 aromatic carbocycles. The summed E-state index contributed by atoms with van der Waals surface area (Å²) < 4.78 is 2.35. The lowest BCUT2D eigenvalue weighted by Crippen LogP contribution is -2.00. The van der Waals surface area contributed by atoms with Crippen LogP contribution in [0.2, 0.25) is 0 Å². The van der Waals surface area contributed by atoms with E-state index in [2.05, 4.69) is 59.8 Å². The summed E-state index contributed by atoms with van der Waals surface area (Å²) in [7, 11) is 0. The standard InChI is InChI=1S/C17H18N2/c1-3-14-15-10-11-18-12-17(15)19(16(14)4-2)13-8-6-5-7-9-13/h5-12H,3-4H2,1-2H3. The maximum atomic E-state index is 4.30. The van der Waals surface area contributed by atoms with E-state index in [1.807, 2.05) is 12.4 Å². The molecule has 0 saturated carbocycles. The number of rotatable bonds is 3. The molecule has 0 bridgehead atoms. The van der Waals surface area contributed by atoms with E-state index in [9.17, 15) is 0 Å². The zero-order valence-corrected chi connectivity index (χ0v) is 11.4. The molecule has 3 aromatic rings. The van der Waals surface area contributed by atoms with Crippen LogP contribution < -0.4 is 0 Å². The first-order chi connectivity index (χ1) is 9.36. The summed E-state index contributed by atoms with van der Waals surface area (Å²) in [6.45, 7) is 4.45. The molecule has 0 aliphatic carbocycles. The number of hydrogen-bond acceptors (Lipinski definition) is 1. The molecule has 0 fully saturated rings. The lowest BCUT2D eigenvalue weighted by Gasteiger charge is -2.10. The molecule has 96 valence electrons. The number of pyridine rings is 1. The van der Waals surface area contributed by atoms with Gasteiger partial charge >= 0.3 is 0 Å². The highest BCUT2D eigenvalue weighted by Gasteiger charge is 2.15. The summed E-state index contributed by atoms with van der Waals surface area (Å²) in [6.07, 6.45) is 5.95. The molecule has 0 spiro atoms.